The topological polar surface area (TPSA) is 57.1 Å². The normalized spacial score (nSPS) is 20.3. The summed E-state index contributed by atoms with van der Waals surface area (Å²) in [5.74, 6) is 0. The fourth-order valence-electron chi connectivity index (χ4n) is 3.73. The van der Waals surface area contributed by atoms with Crippen LogP contribution in [-0.2, 0) is 0 Å². The maximum absolute atomic E-state index is 6.49. The predicted molar refractivity (Wildman–Crippen MR) is 98.9 cm³/mol. The van der Waals surface area contributed by atoms with Crippen molar-refractivity contribution in [3.05, 3.63) is 71.9 Å². The molecule has 124 valence electrons. The highest BCUT2D eigenvalue weighted by molar-refractivity contribution is 5.83. The number of benzene rings is 2. The molecule has 0 radical (unpaired) electrons. The molecule has 4 nitrogen and oxygen atoms in total. The van der Waals surface area contributed by atoms with Crippen LogP contribution in [0.25, 0.3) is 10.9 Å². The van der Waals surface area contributed by atoms with Gasteiger partial charge in [0.1, 0.15) is 0 Å². The molecule has 2 atom stereocenters. The molecule has 2 aromatic carbocycles. The van der Waals surface area contributed by atoms with Crippen LogP contribution in [-0.4, -0.2) is 36.1 Å². The number of hydrogen-bond acceptors (Lipinski definition) is 3. The van der Waals surface area contributed by atoms with Crippen molar-refractivity contribution in [2.24, 2.45) is 5.73 Å². The summed E-state index contributed by atoms with van der Waals surface area (Å²) >= 11 is 0. The van der Waals surface area contributed by atoms with Crippen LogP contribution in [0, 0.1) is 0 Å². The molecule has 4 heteroatoms. The van der Waals surface area contributed by atoms with Crippen molar-refractivity contribution in [2.45, 2.75) is 12.1 Å². The zero-order valence-corrected chi connectivity index (χ0v) is 13.8. The zero-order chi connectivity index (χ0) is 16.4. The molecular formula is C20H24N4. The first kappa shape index (κ1) is 15.4. The molecule has 1 aliphatic rings. The molecule has 2 heterocycles. The number of nitrogens with two attached hydrogens (primary N) is 1. The Labute approximate surface area is 142 Å². The number of rotatable bonds is 4. The third-order valence-corrected chi connectivity index (χ3v) is 5.00. The largest absolute Gasteiger partial charge is 0.361 e. The Morgan fingerprint density at radius 3 is 2.83 bits per heavy atom. The standard InChI is InChI=1S/C20H24N4/c21-18(15-5-2-1-3-6-15)14-24-12-11-22-13-20(24)17-7-4-8-19-16(17)9-10-23-19/h1-10,18,20,22-23H,11-14,21H2/t18-,20?/m0/s1. The molecule has 0 aliphatic carbocycles. The molecule has 0 amide bonds. The quantitative estimate of drug-likeness (QED) is 0.693. The minimum Gasteiger partial charge on any atom is -0.361 e. The molecule has 1 aliphatic heterocycles. The van der Waals surface area contributed by atoms with E-state index in [0.717, 1.165) is 26.2 Å². The Balaban J connectivity index is 1.60. The lowest BCUT2D eigenvalue weighted by Gasteiger charge is -2.38. The molecule has 24 heavy (non-hydrogen) atoms. The first-order valence-electron chi connectivity index (χ1n) is 8.64. The fraction of sp³-hybridized carbons (Fsp3) is 0.300. The van der Waals surface area contributed by atoms with Crippen molar-refractivity contribution in [2.75, 3.05) is 26.2 Å². The molecular weight excluding hydrogens is 296 g/mol. The number of piperazine rings is 1. The van der Waals surface area contributed by atoms with Gasteiger partial charge in [-0.15, -0.1) is 0 Å². The summed E-state index contributed by atoms with van der Waals surface area (Å²) < 4.78 is 0. The van der Waals surface area contributed by atoms with Crippen LogP contribution in [0.3, 0.4) is 0 Å². The number of hydrogen-bond donors (Lipinski definition) is 3. The maximum atomic E-state index is 6.49. The number of nitrogens with one attached hydrogen (secondary N) is 2. The number of aromatic amines is 1. The van der Waals surface area contributed by atoms with Crippen molar-refractivity contribution < 1.29 is 0 Å². The van der Waals surface area contributed by atoms with E-state index in [0.29, 0.717) is 6.04 Å². The van der Waals surface area contributed by atoms with Gasteiger partial charge < -0.3 is 16.0 Å². The summed E-state index contributed by atoms with van der Waals surface area (Å²) in [6.45, 7) is 3.87. The van der Waals surface area contributed by atoms with Gasteiger partial charge >= 0.3 is 0 Å². The first-order valence-corrected chi connectivity index (χ1v) is 8.64. The van der Waals surface area contributed by atoms with Crippen LogP contribution in [0.4, 0.5) is 0 Å². The fourth-order valence-corrected chi connectivity index (χ4v) is 3.73. The molecule has 0 bridgehead atoms. The van der Waals surface area contributed by atoms with Crippen LogP contribution in [0.1, 0.15) is 23.2 Å². The van der Waals surface area contributed by atoms with Crippen LogP contribution >= 0.6 is 0 Å². The van der Waals surface area contributed by atoms with Gasteiger partial charge in [-0.05, 0) is 23.3 Å². The van der Waals surface area contributed by atoms with E-state index in [9.17, 15) is 0 Å². The molecule has 1 aromatic heterocycles. The van der Waals surface area contributed by atoms with E-state index in [1.165, 1.54) is 22.0 Å². The summed E-state index contributed by atoms with van der Waals surface area (Å²) in [5, 5.41) is 4.85. The minimum atomic E-state index is 0.0391. The van der Waals surface area contributed by atoms with E-state index in [1.54, 1.807) is 0 Å². The van der Waals surface area contributed by atoms with E-state index >= 15 is 0 Å². The SMILES string of the molecule is N[C@@H](CN1CCNCC1c1cccc2[nH]ccc12)c1ccccc1. The van der Waals surface area contributed by atoms with E-state index < -0.39 is 0 Å². The monoisotopic (exact) mass is 320 g/mol. The summed E-state index contributed by atoms with van der Waals surface area (Å²) in [4.78, 5) is 5.84. The average Bonchev–Trinajstić information content (AvgIpc) is 3.12. The van der Waals surface area contributed by atoms with Gasteiger partial charge in [-0.25, -0.2) is 0 Å². The van der Waals surface area contributed by atoms with Crippen molar-refractivity contribution >= 4 is 10.9 Å². The lowest BCUT2D eigenvalue weighted by molar-refractivity contribution is 0.153. The van der Waals surface area contributed by atoms with E-state index in [2.05, 4.69) is 63.7 Å². The summed E-state index contributed by atoms with van der Waals surface area (Å²) in [7, 11) is 0. The smallest absolute Gasteiger partial charge is 0.0480 e. The van der Waals surface area contributed by atoms with E-state index in [1.807, 2.05) is 12.3 Å². The summed E-state index contributed by atoms with van der Waals surface area (Å²) in [6.07, 6.45) is 2.02. The second kappa shape index (κ2) is 6.77. The van der Waals surface area contributed by atoms with Gasteiger partial charge in [-0.1, -0.05) is 42.5 Å². The molecule has 4 rings (SSSR count). The third kappa shape index (κ3) is 2.96. The van der Waals surface area contributed by atoms with Crippen LogP contribution in [0.5, 0.6) is 0 Å². The van der Waals surface area contributed by atoms with Gasteiger partial charge in [0, 0.05) is 55.4 Å². The Morgan fingerprint density at radius 2 is 1.96 bits per heavy atom. The Hall–Kier alpha value is -2.14. The summed E-state index contributed by atoms with van der Waals surface area (Å²) in [6, 6.07) is 19.5. The number of H-pyrrole nitrogens is 1. The number of aromatic nitrogens is 1. The number of fused-ring (bicyclic) bond motifs is 1. The Kier molecular flexibility index (Phi) is 4.34. The van der Waals surface area contributed by atoms with Gasteiger partial charge in [-0.2, -0.15) is 0 Å². The maximum Gasteiger partial charge on any atom is 0.0480 e. The lowest BCUT2D eigenvalue weighted by Crippen LogP contribution is -2.48. The van der Waals surface area contributed by atoms with Crippen LogP contribution in [0.2, 0.25) is 0 Å². The average molecular weight is 320 g/mol. The van der Waals surface area contributed by atoms with Crippen molar-refractivity contribution in [3.63, 3.8) is 0 Å². The van der Waals surface area contributed by atoms with E-state index in [-0.39, 0.29) is 6.04 Å². The molecule has 1 fully saturated rings. The summed E-state index contributed by atoms with van der Waals surface area (Å²) in [5.41, 5.74) is 10.3. The van der Waals surface area contributed by atoms with Gasteiger partial charge in [0.15, 0.2) is 0 Å². The zero-order valence-electron chi connectivity index (χ0n) is 13.8. The van der Waals surface area contributed by atoms with Crippen molar-refractivity contribution in [1.29, 1.82) is 0 Å². The lowest BCUT2D eigenvalue weighted by atomic mass is 9.98. The highest BCUT2D eigenvalue weighted by atomic mass is 15.2. The number of nitrogens with zero attached hydrogens (tertiary/aromatic N) is 1. The predicted octanol–water partition coefficient (Wildman–Crippen LogP) is 2.81. The van der Waals surface area contributed by atoms with Gasteiger partial charge in [0.05, 0.1) is 0 Å². The van der Waals surface area contributed by atoms with Gasteiger partial charge in [0.25, 0.3) is 0 Å². The van der Waals surface area contributed by atoms with Crippen LogP contribution in [0.15, 0.2) is 60.8 Å². The van der Waals surface area contributed by atoms with Crippen molar-refractivity contribution in [1.82, 2.24) is 15.2 Å². The third-order valence-electron chi connectivity index (χ3n) is 5.00. The Bertz CT molecular complexity index is 796. The van der Waals surface area contributed by atoms with Crippen molar-refractivity contribution in [3.8, 4) is 0 Å². The van der Waals surface area contributed by atoms with Crippen LogP contribution < -0.4 is 11.1 Å². The van der Waals surface area contributed by atoms with E-state index in [4.69, 9.17) is 5.73 Å². The van der Waals surface area contributed by atoms with Gasteiger partial charge in [-0.3, -0.25) is 4.90 Å². The second-order valence-electron chi connectivity index (χ2n) is 6.52. The minimum absolute atomic E-state index is 0.0391. The molecule has 0 spiro atoms. The highest BCUT2D eigenvalue weighted by Crippen LogP contribution is 2.30. The molecule has 0 saturated carbocycles. The first-order chi connectivity index (χ1) is 11.8. The molecule has 1 unspecified atom stereocenters. The second-order valence-corrected chi connectivity index (χ2v) is 6.52. The molecule has 3 aromatic rings. The molecule has 4 N–H and O–H groups in total. The highest BCUT2D eigenvalue weighted by Gasteiger charge is 2.26. The van der Waals surface area contributed by atoms with Gasteiger partial charge in [0.2, 0.25) is 0 Å². The molecule has 1 saturated heterocycles. The Morgan fingerprint density at radius 1 is 1.08 bits per heavy atom.